The molecule has 0 aromatic carbocycles. The Kier molecular flexibility index (Phi) is 2.35. The van der Waals surface area contributed by atoms with Crippen LogP contribution in [0.5, 0.6) is 0 Å². The first-order chi connectivity index (χ1) is 6.70. The van der Waals surface area contributed by atoms with E-state index in [9.17, 15) is 4.79 Å². The Morgan fingerprint density at radius 3 is 3.07 bits per heavy atom. The molecule has 0 amide bonds. The van der Waals surface area contributed by atoms with Gasteiger partial charge in [0.15, 0.2) is 0 Å². The molecule has 0 bridgehead atoms. The fourth-order valence-corrected chi connectivity index (χ4v) is 1.83. The number of aromatic nitrogens is 2. The van der Waals surface area contributed by atoms with Crippen LogP contribution in [0.3, 0.4) is 0 Å². The zero-order valence-electron chi connectivity index (χ0n) is 8.42. The van der Waals surface area contributed by atoms with Gasteiger partial charge < -0.3 is 10.3 Å². The smallest absolute Gasteiger partial charge is 0.314 e. The Morgan fingerprint density at radius 2 is 2.36 bits per heavy atom. The molecule has 0 aliphatic carbocycles. The molecule has 1 aromatic rings. The molecular formula is C9H14N4O. The minimum Gasteiger partial charge on any atom is -0.314 e. The Morgan fingerprint density at radius 1 is 1.57 bits per heavy atom. The van der Waals surface area contributed by atoms with E-state index < -0.39 is 0 Å². The maximum Gasteiger partial charge on any atom is 0.345 e. The lowest BCUT2D eigenvalue weighted by atomic mass is 10.2. The van der Waals surface area contributed by atoms with Crippen LogP contribution in [0.25, 0.3) is 0 Å². The van der Waals surface area contributed by atoms with E-state index in [4.69, 9.17) is 0 Å². The minimum absolute atomic E-state index is 0.246. The third-order valence-electron chi connectivity index (χ3n) is 2.41. The maximum atomic E-state index is 11.2. The number of fused-ring (bicyclic) bond motifs is 1. The second kappa shape index (κ2) is 3.51. The number of aromatic amines is 1. The summed E-state index contributed by atoms with van der Waals surface area (Å²) in [5.41, 5.74) is 2.80. The summed E-state index contributed by atoms with van der Waals surface area (Å²) in [5.74, 6) is 0. The third-order valence-corrected chi connectivity index (χ3v) is 2.41. The highest BCUT2D eigenvalue weighted by atomic mass is 16.1. The average molecular weight is 194 g/mol. The lowest BCUT2D eigenvalue weighted by Gasteiger charge is -2.05. The summed E-state index contributed by atoms with van der Waals surface area (Å²) in [4.78, 5) is 20.1. The normalized spacial score (nSPS) is 15.9. The summed E-state index contributed by atoms with van der Waals surface area (Å²) in [5, 5.41) is 3.02. The Hall–Kier alpha value is -1.20. The molecule has 5 heteroatoms. The average Bonchev–Trinajstić information content (AvgIpc) is 2.45. The van der Waals surface area contributed by atoms with Crippen molar-refractivity contribution in [3.63, 3.8) is 0 Å². The van der Waals surface area contributed by atoms with Crippen LogP contribution in [0, 0.1) is 0 Å². The Bertz CT molecular complexity index is 398. The fourth-order valence-electron chi connectivity index (χ4n) is 1.83. The highest BCUT2D eigenvalue weighted by Crippen LogP contribution is 2.19. The van der Waals surface area contributed by atoms with Crippen molar-refractivity contribution in [1.82, 2.24) is 20.2 Å². The molecule has 0 unspecified atom stereocenters. The van der Waals surface area contributed by atoms with Gasteiger partial charge in [0.2, 0.25) is 0 Å². The van der Waals surface area contributed by atoms with Gasteiger partial charge in [-0.15, -0.1) is 0 Å². The number of nitrogens with one attached hydrogen (secondary N) is 2. The Labute approximate surface area is 82.2 Å². The van der Waals surface area contributed by atoms with Crippen LogP contribution in [0.4, 0.5) is 0 Å². The van der Waals surface area contributed by atoms with Crippen LogP contribution in [0.2, 0.25) is 0 Å². The molecule has 76 valence electrons. The number of rotatable bonds is 2. The van der Waals surface area contributed by atoms with Gasteiger partial charge in [0.1, 0.15) is 0 Å². The molecule has 0 spiro atoms. The summed E-state index contributed by atoms with van der Waals surface area (Å²) in [6.07, 6.45) is 0. The zero-order chi connectivity index (χ0) is 10.1. The minimum atomic E-state index is -0.246. The summed E-state index contributed by atoms with van der Waals surface area (Å²) in [6.45, 7) is 2.33. The molecular weight excluding hydrogens is 180 g/mol. The van der Waals surface area contributed by atoms with Gasteiger partial charge in [-0.25, -0.2) is 4.79 Å². The van der Waals surface area contributed by atoms with E-state index >= 15 is 0 Å². The SMILES string of the molecule is CNCc1nc(=O)[nH]c2c1CN(C)C2. The number of hydrogen-bond donors (Lipinski definition) is 2. The van der Waals surface area contributed by atoms with E-state index in [2.05, 4.69) is 20.2 Å². The first kappa shape index (κ1) is 9.36. The van der Waals surface area contributed by atoms with E-state index in [0.29, 0.717) is 6.54 Å². The Balaban J connectivity index is 2.46. The van der Waals surface area contributed by atoms with E-state index in [1.54, 1.807) is 0 Å². The first-order valence-corrected chi connectivity index (χ1v) is 4.65. The van der Waals surface area contributed by atoms with Crippen molar-refractivity contribution in [3.05, 3.63) is 27.4 Å². The van der Waals surface area contributed by atoms with Crippen molar-refractivity contribution < 1.29 is 0 Å². The highest BCUT2D eigenvalue weighted by molar-refractivity contribution is 5.27. The van der Waals surface area contributed by atoms with Gasteiger partial charge in [-0.05, 0) is 14.1 Å². The van der Waals surface area contributed by atoms with Crippen LogP contribution in [-0.2, 0) is 19.6 Å². The van der Waals surface area contributed by atoms with E-state index in [0.717, 1.165) is 24.5 Å². The molecule has 5 nitrogen and oxygen atoms in total. The van der Waals surface area contributed by atoms with Crippen molar-refractivity contribution in [3.8, 4) is 0 Å². The predicted octanol–water partition coefficient (Wildman–Crippen LogP) is -0.565. The van der Waals surface area contributed by atoms with Crippen LogP contribution in [0.15, 0.2) is 4.79 Å². The number of H-pyrrole nitrogens is 1. The standard InChI is InChI=1S/C9H14N4O/c1-10-3-7-6-4-13(2)5-8(6)12-9(14)11-7/h10H,3-5H2,1-2H3,(H,11,12,14). The van der Waals surface area contributed by atoms with E-state index in [-0.39, 0.29) is 5.69 Å². The molecule has 0 saturated carbocycles. The molecule has 2 rings (SSSR count). The molecule has 0 saturated heterocycles. The van der Waals surface area contributed by atoms with Crippen molar-refractivity contribution >= 4 is 0 Å². The van der Waals surface area contributed by atoms with Crippen molar-refractivity contribution in [2.24, 2.45) is 0 Å². The number of hydrogen-bond acceptors (Lipinski definition) is 4. The molecule has 0 radical (unpaired) electrons. The summed E-state index contributed by atoms with van der Waals surface area (Å²) < 4.78 is 0. The van der Waals surface area contributed by atoms with E-state index in [1.807, 2.05) is 14.1 Å². The van der Waals surface area contributed by atoms with E-state index in [1.165, 1.54) is 5.56 Å². The predicted molar refractivity (Wildman–Crippen MR) is 52.8 cm³/mol. The maximum absolute atomic E-state index is 11.2. The summed E-state index contributed by atoms with van der Waals surface area (Å²) in [7, 11) is 3.88. The molecule has 1 aliphatic rings. The molecule has 2 heterocycles. The monoisotopic (exact) mass is 194 g/mol. The van der Waals surface area contributed by atoms with Crippen LogP contribution < -0.4 is 11.0 Å². The lowest BCUT2D eigenvalue weighted by Crippen LogP contribution is -2.20. The van der Waals surface area contributed by atoms with Crippen LogP contribution in [0.1, 0.15) is 17.0 Å². The van der Waals surface area contributed by atoms with Crippen LogP contribution >= 0.6 is 0 Å². The van der Waals surface area contributed by atoms with Gasteiger partial charge in [0, 0.05) is 30.9 Å². The van der Waals surface area contributed by atoms with Crippen molar-refractivity contribution in [2.75, 3.05) is 14.1 Å². The fraction of sp³-hybridized carbons (Fsp3) is 0.556. The van der Waals surface area contributed by atoms with Gasteiger partial charge in [-0.2, -0.15) is 4.98 Å². The molecule has 0 fully saturated rings. The quantitative estimate of drug-likeness (QED) is 0.662. The summed E-state index contributed by atoms with van der Waals surface area (Å²) in [6, 6.07) is 0. The second-order valence-corrected chi connectivity index (χ2v) is 3.65. The van der Waals surface area contributed by atoms with Gasteiger partial charge in [0.25, 0.3) is 0 Å². The largest absolute Gasteiger partial charge is 0.345 e. The van der Waals surface area contributed by atoms with Gasteiger partial charge in [-0.1, -0.05) is 0 Å². The molecule has 1 aliphatic heterocycles. The van der Waals surface area contributed by atoms with Crippen molar-refractivity contribution in [1.29, 1.82) is 0 Å². The zero-order valence-corrected chi connectivity index (χ0v) is 8.42. The number of nitrogens with zero attached hydrogens (tertiary/aromatic N) is 2. The van der Waals surface area contributed by atoms with Gasteiger partial charge in [0.05, 0.1) is 5.69 Å². The topological polar surface area (TPSA) is 61.0 Å². The highest BCUT2D eigenvalue weighted by Gasteiger charge is 2.20. The first-order valence-electron chi connectivity index (χ1n) is 4.65. The molecule has 0 atom stereocenters. The lowest BCUT2D eigenvalue weighted by molar-refractivity contribution is 0.350. The second-order valence-electron chi connectivity index (χ2n) is 3.65. The molecule has 2 N–H and O–H groups in total. The third kappa shape index (κ3) is 1.56. The van der Waals surface area contributed by atoms with Crippen molar-refractivity contribution in [2.45, 2.75) is 19.6 Å². The summed E-state index contributed by atoms with van der Waals surface area (Å²) >= 11 is 0. The molecule has 14 heavy (non-hydrogen) atoms. The van der Waals surface area contributed by atoms with Gasteiger partial charge >= 0.3 is 5.69 Å². The van der Waals surface area contributed by atoms with Gasteiger partial charge in [-0.3, -0.25) is 4.90 Å². The van der Waals surface area contributed by atoms with Crippen LogP contribution in [-0.4, -0.2) is 29.0 Å². The molecule has 1 aromatic heterocycles.